The van der Waals surface area contributed by atoms with Gasteiger partial charge in [-0.3, -0.25) is 4.90 Å². The zero-order valence-corrected chi connectivity index (χ0v) is 16.3. The summed E-state index contributed by atoms with van der Waals surface area (Å²) in [4.78, 5) is 25.7. The number of likely N-dealkylation sites (N-methyl/N-ethyl adjacent to an activating group) is 1. The van der Waals surface area contributed by atoms with Gasteiger partial charge in [-0.25, -0.2) is 9.59 Å². The van der Waals surface area contributed by atoms with E-state index < -0.39 is 12.1 Å². The van der Waals surface area contributed by atoms with Crippen LogP contribution in [0.25, 0.3) is 0 Å². The van der Waals surface area contributed by atoms with E-state index in [0.717, 1.165) is 25.7 Å². The molecule has 0 aliphatic carbocycles. The minimum atomic E-state index is -0.598. The summed E-state index contributed by atoms with van der Waals surface area (Å²) in [5.41, 5.74) is 0. The number of unbranched alkanes of at least 4 members (excludes halogenated alkanes) is 6. The predicted octanol–water partition coefficient (Wildman–Crippen LogP) is 4.78. The van der Waals surface area contributed by atoms with Crippen molar-refractivity contribution in [1.29, 1.82) is 0 Å². The largest absolute Gasteiger partial charge is 0.464 e. The van der Waals surface area contributed by atoms with Crippen LogP contribution < -0.4 is 0 Å². The maximum Gasteiger partial charge on any atom is 0.410 e. The molecule has 0 spiro atoms. The number of rotatable bonds is 13. The second kappa shape index (κ2) is 14.1. The van der Waals surface area contributed by atoms with Gasteiger partial charge in [-0.1, -0.05) is 66.2 Å². The molecule has 0 rings (SSSR count). The van der Waals surface area contributed by atoms with Gasteiger partial charge in [-0.2, -0.15) is 0 Å². The van der Waals surface area contributed by atoms with Crippen molar-refractivity contribution >= 4 is 12.1 Å². The third kappa shape index (κ3) is 9.78. The highest BCUT2D eigenvalue weighted by Gasteiger charge is 2.31. The van der Waals surface area contributed by atoms with Gasteiger partial charge in [-0.15, -0.1) is 0 Å². The first kappa shape index (κ1) is 22.7. The molecule has 0 aliphatic rings. The Morgan fingerprint density at radius 2 is 1.38 bits per heavy atom. The van der Waals surface area contributed by atoms with Gasteiger partial charge in [0.25, 0.3) is 0 Å². The van der Waals surface area contributed by atoms with E-state index in [1.165, 1.54) is 30.6 Å². The number of carbonyl (C=O) groups is 2. The lowest BCUT2D eigenvalue weighted by atomic mass is 10.0. The summed E-state index contributed by atoms with van der Waals surface area (Å²) < 4.78 is 10.6. The normalized spacial score (nSPS) is 12.1. The third-order valence-corrected chi connectivity index (χ3v) is 4.04. The van der Waals surface area contributed by atoms with Crippen molar-refractivity contribution in [3.05, 3.63) is 0 Å². The summed E-state index contributed by atoms with van der Waals surface area (Å²) in [7, 11) is 1.60. The third-order valence-electron chi connectivity index (χ3n) is 4.04. The molecule has 0 aromatic heterocycles. The molecule has 0 aliphatic heterocycles. The Kier molecular flexibility index (Phi) is 13.4. The van der Waals surface area contributed by atoms with Crippen LogP contribution in [-0.4, -0.2) is 43.3 Å². The highest BCUT2D eigenvalue weighted by molar-refractivity contribution is 5.81. The van der Waals surface area contributed by atoms with Crippen molar-refractivity contribution < 1.29 is 19.1 Å². The Morgan fingerprint density at radius 3 is 1.96 bits per heavy atom. The van der Waals surface area contributed by atoms with Crippen LogP contribution in [0.3, 0.4) is 0 Å². The molecule has 1 atom stereocenters. The van der Waals surface area contributed by atoms with Gasteiger partial charge in [0.1, 0.15) is 6.04 Å². The fourth-order valence-corrected chi connectivity index (χ4v) is 2.54. The molecular weight excluding hydrogens is 306 g/mol. The summed E-state index contributed by atoms with van der Waals surface area (Å²) in [5.74, 6) is -0.362. The van der Waals surface area contributed by atoms with Crippen LogP contribution in [0, 0.1) is 5.92 Å². The van der Waals surface area contributed by atoms with Crippen molar-refractivity contribution in [3.63, 3.8) is 0 Å². The second-order valence-electron chi connectivity index (χ2n) is 6.70. The van der Waals surface area contributed by atoms with Crippen molar-refractivity contribution in [2.75, 3.05) is 20.3 Å². The van der Waals surface area contributed by atoms with Crippen molar-refractivity contribution in [2.24, 2.45) is 5.92 Å². The minimum absolute atomic E-state index is 0.0224. The molecule has 0 aromatic rings. The van der Waals surface area contributed by atoms with E-state index in [1.54, 1.807) is 7.05 Å². The van der Waals surface area contributed by atoms with Gasteiger partial charge in [0.05, 0.1) is 13.2 Å². The molecule has 0 heterocycles. The molecule has 0 saturated carbocycles. The number of nitrogens with zero attached hydrogens (tertiary/aromatic N) is 1. The molecule has 0 aromatic carbocycles. The molecule has 0 radical (unpaired) electrons. The Hall–Kier alpha value is -1.26. The number of ether oxygens (including phenoxy) is 2. The first-order chi connectivity index (χ1) is 11.5. The first-order valence-corrected chi connectivity index (χ1v) is 9.51. The second-order valence-corrected chi connectivity index (χ2v) is 6.70. The lowest BCUT2D eigenvalue weighted by Gasteiger charge is -2.28. The van der Waals surface area contributed by atoms with Crippen molar-refractivity contribution in [1.82, 2.24) is 4.90 Å². The summed E-state index contributed by atoms with van der Waals surface area (Å²) >= 11 is 0. The maximum atomic E-state index is 12.3. The Labute approximate surface area is 148 Å². The van der Waals surface area contributed by atoms with Crippen molar-refractivity contribution in [2.45, 2.75) is 85.1 Å². The molecule has 142 valence electrons. The Morgan fingerprint density at radius 1 is 0.833 bits per heavy atom. The van der Waals surface area contributed by atoms with Gasteiger partial charge in [-0.05, 0) is 18.8 Å². The highest BCUT2D eigenvalue weighted by atomic mass is 16.6. The molecule has 24 heavy (non-hydrogen) atoms. The van der Waals surface area contributed by atoms with Gasteiger partial charge >= 0.3 is 12.1 Å². The fourth-order valence-electron chi connectivity index (χ4n) is 2.54. The molecule has 5 heteroatoms. The summed E-state index contributed by atoms with van der Waals surface area (Å²) in [5, 5.41) is 0. The summed E-state index contributed by atoms with van der Waals surface area (Å²) in [6.07, 6.45) is 8.21. The molecule has 0 bridgehead atoms. The van der Waals surface area contributed by atoms with Crippen LogP contribution in [0.15, 0.2) is 0 Å². The molecule has 1 amide bonds. The van der Waals surface area contributed by atoms with E-state index in [4.69, 9.17) is 9.47 Å². The van der Waals surface area contributed by atoms with Gasteiger partial charge in [0, 0.05) is 7.05 Å². The van der Waals surface area contributed by atoms with E-state index in [2.05, 4.69) is 6.92 Å². The van der Waals surface area contributed by atoms with E-state index in [1.807, 2.05) is 20.8 Å². The molecular formula is C19H37NO4. The van der Waals surface area contributed by atoms with Crippen LogP contribution in [-0.2, 0) is 14.3 Å². The summed E-state index contributed by atoms with van der Waals surface area (Å²) in [6, 6.07) is -0.598. The fraction of sp³-hybridized carbons (Fsp3) is 0.895. The van der Waals surface area contributed by atoms with E-state index in [-0.39, 0.29) is 11.9 Å². The Bertz CT molecular complexity index is 344. The number of esters is 1. The van der Waals surface area contributed by atoms with E-state index >= 15 is 0 Å². The summed E-state index contributed by atoms with van der Waals surface area (Å²) in [6.45, 7) is 8.86. The topological polar surface area (TPSA) is 55.8 Å². The van der Waals surface area contributed by atoms with Crippen molar-refractivity contribution in [3.8, 4) is 0 Å². The molecule has 5 nitrogen and oxygen atoms in total. The molecule has 1 unspecified atom stereocenters. The average molecular weight is 344 g/mol. The quantitative estimate of drug-likeness (QED) is 0.356. The smallest absolute Gasteiger partial charge is 0.410 e. The van der Waals surface area contributed by atoms with Crippen LogP contribution in [0.4, 0.5) is 4.79 Å². The number of carbonyl (C=O) groups excluding carboxylic acids is 2. The van der Waals surface area contributed by atoms with Crippen LogP contribution in [0.1, 0.15) is 79.1 Å². The molecule has 0 saturated heterocycles. The minimum Gasteiger partial charge on any atom is -0.464 e. The van der Waals surface area contributed by atoms with Crippen LogP contribution in [0.5, 0.6) is 0 Å². The highest BCUT2D eigenvalue weighted by Crippen LogP contribution is 2.13. The zero-order valence-electron chi connectivity index (χ0n) is 16.3. The van der Waals surface area contributed by atoms with E-state index in [9.17, 15) is 9.59 Å². The van der Waals surface area contributed by atoms with Crippen LogP contribution >= 0.6 is 0 Å². The molecule has 0 fully saturated rings. The zero-order chi connectivity index (χ0) is 18.4. The van der Waals surface area contributed by atoms with Gasteiger partial charge in [0.2, 0.25) is 0 Å². The van der Waals surface area contributed by atoms with Gasteiger partial charge < -0.3 is 9.47 Å². The Balaban J connectivity index is 4.23. The lowest BCUT2D eigenvalue weighted by molar-refractivity contribution is -0.150. The maximum absolute atomic E-state index is 12.3. The SMILES string of the molecule is CCCCCCCCOC(=O)C(C(C)C)N(C)C(=O)OCCCC. The average Bonchev–Trinajstić information content (AvgIpc) is 2.53. The number of amides is 1. The lowest BCUT2D eigenvalue weighted by Crippen LogP contribution is -2.46. The van der Waals surface area contributed by atoms with E-state index in [0.29, 0.717) is 13.2 Å². The predicted molar refractivity (Wildman–Crippen MR) is 97.0 cm³/mol. The van der Waals surface area contributed by atoms with Crippen LogP contribution in [0.2, 0.25) is 0 Å². The standard InChI is InChI=1S/C19H37NO4/c1-6-8-10-11-12-13-15-23-18(21)17(16(3)4)20(5)19(22)24-14-9-7-2/h16-17H,6-15H2,1-5H3. The van der Waals surface area contributed by atoms with Gasteiger partial charge in [0.15, 0.2) is 0 Å². The number of hydrogen-bond acceptors (Lipinski definition) is 4. The molecule has 0 N–H and O–H groups in total. The monoisotopic (exact) mass is 343 g/mol. The first-order valence-electron chi connectivity index (χ1n) is 9.51. The number of hydrogen-bond donors (Lipinski definition) is 0.